The third-order valence-corrected chi connectivity index (χ3v) is 6.12. The smallest absolute Gasteiger partial charge is 0.147 e. The van der Waals surface area contributed by atoms with Crippen LogP contribution in [-0.4, -0.2) is 60.7 Å². The van der Waals surface area contributed by atoms with Gasteiger partial charge in [0.1, 0.15) is 37.3 Å². The van der Waals surface area contributed by atoms with Crippen LogP contribution in [0.3, 0.4) is 0 Å². The van der Waals surface area contributed by atoms with E-state index < -0.39 is 30.5 Å². The maximum absolute atomic E-state index is 11.1. The van der Waals surface area contributed by atoms with Gasteiger partial charge in [0.2, 0.25) is 0 Å². The van der Waals surface area contributed by atoms with Gasteiger partial charge in [-0.15, -0.1) is 0 Å². The molecule has 0 unspecified atom stereocenters. The Balaban J connectivity index is 1.51. The molecule has 1 aliphatic rings. The van der Waals surface area contributed by atoms with E-state index in [0.717, 1.165) is 16.7 Å². The van der Waals surface area contributed by atoms with E-state index in [1.807, 2.05) is 91.0 Å². The van der Waals surface area contributed by atoms with Crippen molar-refractivity contribution < 1.29 is 33.9 Å². The summed E-state index contributed by atoms with van der Waals surface area (Å²) in [6, 6.07) is 29.4. The Hall–Kier alpha value is -2.62. The van der Waals surface area contributed by atoms with Crippen LogP contribution >= 0.6 is 0 Å². The Morgan fingerprint density at radius 3 is 1.89 bits per heavy atom. The first-order valence-electron chi connectivity index (χ1n) is 12.2. The van der Waals surface area contributed by atoms with Gasteiger partial charge in [0.25, 0.3) is 0 Å². The van der Waals surface area contributed by atoms with Crippen molar-refractivity contribution >= 4 is 0 Å². The van der Waals surface area contributed by atoms with Gasteiger partial charge < -0.3 is 33.9 Å². The van der Waals surface area contributed by atoms with Crippen molar-refractivity contribution in [3.63, 3.8) is 0 Å². The Bertz CT molecular complexity index is 986. The Kier molecular flexibility index (Phi) is 10.4. The molecule has 0 aromatic heterocycles. The van der Waals surface area contributed by atoms with Gasteiger partial charge in [0.05, 0.1) is 33.0 Å². The van der Waals surface area contributed by atoms with Gasteiger partial charge in [-0.25, -0.2) is 0 Å². The first-order valence-corrected chi connectivity index (χ1v) is 12.2. The van der Waals surface area contributed by atoms with Crippen LogP contribution in [0.2, 0.25) is 0 Å². The Morgan fingerprint density at radius 2 is 1.31 bits per heavy atom. The summed E-state index contributed by atoms with van der Waals surface area (Å²) in [5.74, 6) is 0. The zero-order valence-electron chi connectivity index (χ0n) is 20.2. The first kappa shape index (κ1) is 26.4. The molecular weight excluding hydrogens is 460 g/mol. The van der Waals surface area contributed by atoms with Gasteiger partial charge in [-0.05, 0) is 16.7 Å². The molecular formula is C29H34O7. The summed E-state index contributed by atoms with van der Waals surface area (Å²) in [6.07, 6.45) is -4.03. The zero-order valence-corrected chi connectivity index (χ0v) is 20.2. The van der Waals surface area contributed by atoms with Gasteiger partial charge in [-0.2, -0.15) is 0 Å². The summed E-state index contributed by atoms with van der Waals surface area (Å²) in [4.78, 5) is 0. The van der Waals surface area contributed by atoms with Crippen LogP contribution in [0.4, 0.5) is 0 Å². The van der Waals surface area contributed by atoms with E-state index in [4.69, 9.17) is 23.7 Å². The summed E-state index contributed by atoms with van der Waals surface area (Å²) >= 11 is 0. The molecule has 5 atom stereocenters. The number of aliphatic hydroxyl groups is 2. The number of benzene rings is 3. The molecule has 0 bridgehead atoms. The highest BCUT2D eigenvalue weighted by Crippen LogP contribution is 2.25. The van der Waals surface area contributed by atoms with E-state index in [0.29, 0.717) is 13.2 Å². The fourth-order valence-electron chi connectivity index (χ4n) is 4.13. The van der Waals surface area contributed by atoms with Crippen LogP contribution in [-0.2, 0) is 43.5 Å². The predicted molar refractivity (Wildman–Crippen MR) is 134 cm³/mol. The predicted octanol–water partition coefficient (Wildman–Crippen LogP) is 3.47. The van der Waals surface area contributed by atoms with Crippen molar-refractivity contribution in [1.82, 2.24) is 0 Å². The molecule has 0 spiro atoms. The molecule has 4 rings (SSSR count). The van der Waals surface area contributed by atoms with Crippen molar-refractivity contribution in [2.45, 2.75) is 50.3 Å². The van der Waals surface area contributed by atoms with Crippen LogP contribution in [0, 0.1) is 0 Å². The summed E-state index contributed by atoms with van der Waals surface area (Å²) in [6.45, 7) is 0.758. The Morgan fingerprint density at radius 1 is 0.750 bits per heavy atom. The lowest BCUT2D eigenvalue weighted by molar-refractivity contribution is -0.185. The van der Waals surface area contributed by atoms with Gasteiger partial charge in [0.15, 0.2) is 0 Å². The number of ether oxygens (including phenoxy) is 5. The molecule has 192 valence electrons. The fraction of sp³-hybridized carbons (Fsp3) is 0.379. The maximum Gasteiger partial charge on any atom is 0.147 e. The van der Waals surface area contributed by atoms with E-state index >= 15 is 0 Å². The van der Waals surface area contributed by atoms with Crippen LogP contribution in [0.25, 0.3) is 0 Å². The minimum absolute atomic E-state index is 0.109. The van der Waals surface area contributed by atoms with E-state index in [1.54, 1.807) is 0 Å². The van der Waals surface area contributed by atoms with Crippen LogP contribution in [0.5, 0.6) is 0 Å². The SMILES string of the molecule is OC[C@@H]1OCO[C@H]([C@H](COCc2ccccc2)OCc2ccccc2)[C@@H](OCc2ccccc2)[C@@H]1O. The molecule has 36 heavy (non-hydrogen) atoms. The van der Waals surface area contributed by atoms with Crippen LogP contribution < -0.4 is 0 Å². The monoisotopic (exact) mass is 494 g/mol. The summed E-state index contributed by atoms with van der Waals surface area (Å²) in [5.41, 5.74) is 3.00. The van der Waals surface area contributed by atoms with Gasteiger partial charge in [-0.1, -0.05) is 91.0 Å². The molecule has 0 saturated carbocycles. The molecule has 2 N–H and O–H groups in total. The molecule has 7 nitrogen and oxygen atoms in total. The van der Waals surface area contributed by atoms with Crippen molar-refractivity contribution in [3.05, 3.63) is 108 Å². The Labute approximate surface area is 212 Å². The van der Waals surface area contributed by atoms with Crippen LogP contribution in [0.15, 0.2) is 91.0 Å². The average Bonchev–Trinajstić information content (AvgIpc) is 3.09. The normalized spacial score (nSPS) is 23.2. The standard InChI is InChI=1S/C29H34O7/c30-16-25-27(31)29(34-19-24-14-8-3-9-15-24)28(36-21-35-25)26(33-18-23-12-6-2-7-13-23)20-32-17-22-10-4-1-5-11-22/h1-15,25-31H,16-21H2/t25-,26-,27+,28+,29-/m0/s1. The van der Waals surface area contributed by atoms with Gasteiger partial charge in [-0.3, -0.25) is 0 Å². The number of hydrogen-bond acceptors (Lipinski definition) is 7. The highest BCUT2D eigenvalue weighted by atomic mass is 16.7. The van der Waals surface area contributed by atoms with E-state index in [2.05, 4.69) is 0 Å². The molecule has 3 aromatic rings. The summed E-state index contributed by atoms with van der Waals surface area (Å²) in [5, 5.41) is 20.9. The molecule has 1 fully saturated rings. The second-order valence-corrected chi connectivity index (χ2v) is 8.72. The van der Waals surface area contributed by atoms with Crippen molar-refractivity contribution in [2.24, 2.45) is 0 Å². The number of rotatable bonds is 12. The second-order valence-electron chi connectivity index (χ2n) is 8.72. The lowest BCUT2D eigenvalue weighted by Gasteiger charge is -2.34. The van der Waals surface area contributed by atoms with Crippen LogP contribution in [0.1, 0.15) is 16.7 Å². The molecule has 1 aliphatic heterocycles. The minimum atomic E-state index is -1.12. The van der Waals surface area contributed by atoms with Crippen molar-refractivity contribution in [1.29, 1.82) is 0 Å². The molecule has 7 heteroatoms. The summed E-state index contributed by atoms with van der Waals surface area (Å²) < 4.78 is 30.1. The van der Waals surface area contributed by atoms with Gasteiger partial charge in [0, 0.05) is 0 Å². The minimum Gasteiger partial charge on any atom is -0.394 e. The molecule has 1 heterocycles. The second kappa shape index (κ2) is 14.2. The zero-order chi connectivity index (χ0) is 25.0. The van der Waals surface area contributed by atoms with E-state index in [1.165, 1.54) is 0 Å². The third kappa shape index (κ3) is 7.69. The third-order valence-electron chi connectivity index (χ3n) is 6.12. The summed E-state index contributed by atoms with van der Waals surface area (Å²) in [7, 11) is 0. The molecule has 0 amide bonds. The highest BCUT2D eigenvalue weighted by Gasteiger charge is 2.43. The first-order chi connectivity index (χ1) is 17.7. The van der Waals surface area contributed by atoms with E-state index in [-0.39, 0.29) is 26.6 Å². The molecule has 0 aliphatic carbocycles. The van der Waals surface area contributed by atoms with E-state index in [9.17, 15) is 10.2 Å². The topological polar surface area (TPSA) is 86.6 Å². The number of hydrogen-bond donors (Lipinski definition) is 2. The fourth-order valence-corrected chi connectivity index (χ4v) is 4.13. The largest absolute Gasteiger partial charge is 0.394 e. The van der Waals surface area contributed by atoms with Crippen molar-refractivity contribution in [2.75, 3.05) is 20.0 Å². The lowest BCUT2D eigenvalue weighted by atomic mass is 9.99. The highest BCUT2D eigenvalue weighted by molar-refractivity contribution is 5.15. The van der Waals surface area contributed by atoms with Crippen molar-refractivity contribution in [3.8, 4) is 0 Å². The van der Waals surface area contributed by atoms with Gasteiger partial charge >= 0.3 is 0 Å². The lowest BCUT2D eigenvalue weighted by Crippen LogP contribution is -2.52. The quantitative estimate of drug-likeness (QED) is 0.399. The maximum atomic E-state index is 11.1. The average molecular weight is 495 g/mol. The molecule has 0 radical (unpaired) electrons. The molecule has 1 saturated heterocycles. The number of aliphatic hydroxyl groups excluding tert-OH is 2. The molecule has 3 aromatic carbocycles.